The molecule has 51 heavy (non-hydrogen) atoms. The van der Waals surface area contributed by atoms with Gasteiger partial charge in [0, 0.05) is 32.1 Å². The van der Waals surface area contributed by atoms with Crippen LogP contribution in [0.2, 0.25) is 18.1 Å². The fourth-order valence-electron chi connectivity index (χ4n) is 6.31. The van der Waals surface area contributed by atoms with Crippen molar-refractivity contribution < 1.29 is 18.6 Å². The van der Waals surface area contributed by atoms with Gasteiger partial charge in [-0.05, 0) is 107 Å². The maximum atomic E-state index is 6.68. The minimum absolute atomic E-state index is 0.0487. The molecule has 4 aromatic rings. The second kappa shape index (κ2) is 16.1. The molecule has 4 aromatic heterocycles. The number of aryl methyl sites for hydroxylation is 2. The van der Waals surface area contributed by atoms with Crippen LogP contribution in [0.1, 0.15) is 90.2 Å². The van der Waals surface area contributed by atoms with Crippen LogP contribution in [0.25, 0.3) is 28.2 Å². The lowest BCUT2D eigenvalue weighted by atomic mass is 10.1. The van der Waals surface area contributed by atoms with Gasteiger partial charge in [0.05, 0.1) is 62.9 Å². The molecule has 14 heteroatoms. The maximum Gasteiger partial charge on any atom is 0.246 e. The molecule has 1 aliphatic rings. The van der Waals surface area contributed by atoms with E-state index in [1.54, 1.807) is 10.8 Å². The number of aromatic nitrogens is 7. The summed E-state index contributed by atoms with van der Waals surface area (Å²) in [5, 5.41) is 15.6. The molecular weight excluding hydrogens is 775 g/mol. The maximum absolute atomic E-state index is 6.68. The van der Waals surface area contributed by atoms with Crippen molar-refractivity contribution in [1.29, 1.82) is 0 Å². The van der Waals surface area contributed by atoms with Gasteiger partial charge < -0.3 is 18.6 Å². The standard InChI is InChI=1S/C37H57IN8O4Si/c1-13-28-27-19-29(39-20-30(27)46(41-28)32-17-15-16-18-48-32)33-26(5)40-44(10)36(33)50-25(4)21-43(9)22-31-34(38)35(47-14-2)42-45(31)24(3)23-49-51(11,12)37(6,7)8/h13,19-20,24-25,32H,1,14-18,21-23H2,2-12H3/t24-,25-,32?/m0/s1. The first-order chi connectivity index (χ1) is 24.1. The third-order valence-electron chi connectivity index (χ3n) is 10.1. The van der Waals surface area contributed by atoms with Crippen molar-refractivity contribution in [3.8, 4) is 23.0 Å². The van der Waals surface area contributed by atoms with Crippen molar-refractivity contribution in [2.24, 2.45) is 7.05 Å². The third kappa shape index (κ3) is 8.55. The lowest BCUT2D eigenvalue weighted by Gasteiger charge is -2.37. The Balaban J connectivity index is 1.34. The Kier molecular flexibility index (Phi) is 12.4. The van der Waals surface area contributed by atoms with Crippen molar-refractivity contribution in [2.45, 2.75) is 111 Å². The van der Waals surface area contributed by atoms with Gasteiger partial charge in [0.15, 0.2) is 14.5 Å². The zero-order chi connectivity index (χ0) is 37.2. The molecule has 0 N–H and O–H groups in total. The van der Waals surface area contributed by atoms with Gasteiger partial charge in [0.25, 0.3) is 0 Å². The number of likely N-dealkylation sites (N-methyl/N-ethyl adjacent to an activating group) is 1. The van der Waals surface area contributed by atoms with Crippen LogP contribution in [0.15, 0.2) is 18.8 Å². The zero-order valence-electron chi connectivity index (χ0n) is 32.4. The normalized spacial score (nSPS) is 16.9. The second-order valence-electron chi connectivity index (χ2n) is 15.3. The molecule has 3 atom stereocenters. The van der Waals surface area contributed by atoms with Crippen molar-refractivity contribution in [3.63, 3.8) is 0 Å². The molecule has 0 spiro atoms. The summed E-state index contributed by atoms with van der Waals surface area (Å²) in [6.45, 7) is 26.9. The topological polar surface area (TPSA) is 107 Å². The highest BCUT2D eigenvalue weighted by Gasteiger charge is 2.38. The van der Waals surface area contributed by atoms with Gasteiger partial charge >= 0.3 is 0 Å². The molecule has 0 amide bonds. The molecule has 12 nitrogen and oxygen atoms in total. The third-order valence-corrected chi connectivity index (χ3v) is 15.7. The second-order valence-corrected chi connectivity index (χ2v) is 21.2. The Morgan fingerprint density at radius 3 is 2.59 bits per heavy atom. The van der Waals surface area contributed by atoms with Crippen molar-refractivity contribution >= 4 is 47.9 Å². The van der Waals surface area contributed by atoms with Crippen LogP contribution in [0, 0.1) is 10.5 Å². The van der Waals surface area contributed by atoms with E-state index in [9.17, 15) is 0 Å². The molecule has 1 aliphatic heterocycles. The molecule has 1 saturated heterocycles. The Hall–Kier alpha value is -2.79. The lowest BCUT2D eigenvalue weighted by Crippen LogP contribution is -2.42. The van der Waals surface area contributed by atoms with Gasteiger partial charge in [0.1, 0.15) is 6.10 Å². The summed E-state index contributed by atoms with van der Waals surface area (Å²) >= 11 is 2.37. The Bertz CT molecular complexity index is 1820. The van der Waals surface area contributed by atoms with E-state index in [1.165, 1.54) is 0 Å². The highest BCUT2D eigenvalue weighted by molar-refractivity contribution is 14.1. The fraction of sp³-hybridized carbons (Fsp3) is 0.622. The van der Waals surface area contributed by atoms with Crippen LogP contribution in [0.3, 0.4) is 0 Å². The molecule has 1 fully saturated rings. The predicted octanol–water partition coefficient (Wildman–Crippen LogP) is 8.16. The summed E-state index contributed by atoms with van der Waals surface area (Å²) in [6, 6.07) is 2.12. The molecule has 0 bridgehead atoms. The molecule has 0 aromatic carbocycles. The van der Waals surface area contributed by atoms with Gasteiger partial charge in [-0.2, -0.15) is 10.2 Å². The number of rotatable bonds is 15. The number of pyridine rings is 1. The van der Waals surface area contributed by atoms with E-state index in [-0.39, 0.29) is 23.4 Å². The zero-order valence-corrected chi connectivity index (χ0v) is 35.6. The van der Waals surface area contributed by atoms with Crippen LogP contribution < -0.4 is 9.47 Å². The SMILES string of the molecule is C=Cc1nn(C2CCCCO2)c2cnc(-c3c(C)nn(C)c3O[C@@H](C)CN(C)Cc3c(I)c(OCC)nn3[C@@H](C)CO[Si](C)(C)C(C)(C)C)cc12. The van der Waals surface area contributed by atoms with Crippen LogP contribution in [0.4, 0.5) is 0 Å². The minimum Gasteiger partial charge on any atom is -0.476 e. The number of nitrogens with zero attached hydrogens (tertiary/aromatic N) is 8. The highest BCUT2D eigenvalue weighted by Crippen LogP contribution is 2.38. The summed E-state index contributed by atoms with van der Waals surface area (Å²) in [7, 11) is 2.11. The van der Waals surface area contributed by atoms with Gasteiger partial charge in [-0.25, -0.2) is 9.36 Å². The van der Waals surface area contributed by atoms with Crippen molar-refractivity contribution in [2.75, 3.05) is 33.4 Å². The molecule has 0 aliphatic carbocycles. The van der Waals surface area contributed by atoms with E-state index in [2.05, 4.69) is 99.6 Å². The lowest BCUT2D eigenvalue weighted by molar-refractivity contribution is -0.0367. The fourth-order valence-corrected chi connectivity index (χ4v) is 8.09. The average Bonchev–Trinajstić information content (AvgIpc) is 3.69. The molecular formula is C37H57IN8O4Si. The van der Waals surface area contributed by atoms with Gasteiger partial charge in [0.2, 0.25) is 11.8 Å². The van der Waals surface area contributed by atoms with Crippen LogP contribution in [-0.4, -0.2) is 87.1 Å². The number of halogens is 1. The summed E-state index contributed by atoms with van der Waals surface area (Å²) in [6.07, 6.45) is 6.56. The van der Waals surface area contributed by atoms with E-state index in [1.807, 2.05) is 31.8 Å². The number of hydrogen-bond acceptors (Lipinski definition) is 9. The molecule has 1 unspecified atom stereocenters. The summed E-state index contributed by atoms with van der Waals surface area (Å²) in [5.41, 5.74) is 5.35. The number of ether oxygens (including phenoxy) is 3. The Labute approximate surface area is 318 Å². The number of hydrogen-bond donors (Lipinski definition) is 0. The van der Waals surface area contributed by atoms with E-state index in [0.717, 1.165) is 68.7 Å². The van der Waals surface area contributed by atoms with E-state index < -0.39 is 8.32 Å². The van der Waals surface area contributed by atoms with Crippen LogP contribution in [0.5, 0.6) is 11.8 Å². The summed E-state index contributed by atoms with van der Waals surface area (Å²) < 4.78 is 32.2. The summed E-state index contributed by atoms with van der Waals surface area (Å²) in [5.74, 6) is 1.35. The average molecular weight is 833 g/mol. The minimum atomic E-state index is -1.91. The largest absolute Gasteiger partial charge is 0.476 e. The molecule has 5 rings (SSSR count). The smallest absolute Gasteiger partial charge is 0.246 e. The first-order valence-electron chi connectivity index (χ1n) is 18.1. The van der Waals surface area contributed by atoms with Gasteiger partial charge in [-0.3, -0.25) is 14.6 Å². The molecule has 0 radical (unpaired) electrons. The monoisotopic (exact) mass is 832 g/mol. The quantitative estimate of drug-likeness (QED) is 0.0867. The van der Waals surface area contributed by atoms with Crippen molar-refractivity contribution in [1.82, 2.24) is 39.2 Å². The first kappa shape index (κ1) is 39.4. The van der Waals surface area contributed by atoms with Gasteiger partial charge in [-0.15, -0.1) is 5.10 Å². The Morgan fingerprint density at radius 1 is 1.20 bits per heavy atom. The molecule has 5 heterocycles. The van der Waals surface area contributed by atoms with Crippen LogP contribution in [-0.2, 0) is 22.8 Å². The van der Waals surface area contributed by atoms with E-state index in [0.29, 0.717) is 38.1 Å². The van der Waals surface area contributed by atoms with Crippen molar-refractivity contribution in [3.05, 3.63) is 39.5 Å². The van der Waals surface area contributed by atoms with Gasteiger partial charge in [-0.1, -0.05) is 27.4 Å². The van der Waals surface area contributed by atoms with E-state index >= 15 is 0 Å². The summed E-state index contributed by atoms with van der Waals surface area (Å²) in [4.78, 5) is 7.18. The first-order valence-corrected chi connectivity index (χ1v) is 22.1. The highest BCUT2D eigenvalue weighted by atomic mass is 127. The number of fused-ring (bicyclic) bond motifs is 1. The molecule has 0 saturated carbocycles. The molecule has 280 valence electrons. The Morgan fingerprint density at radius 2 is 1.94 bits per heavy atom. The van der Waals surface area contributed by atoms with Crippen LogP contribution >= 0.6 is 22.6 Å². The van der Waals surface area contributed by atoms with E-state index in [4.69, 9.17) is 38.9 Å². The predicted molar refractivity (Wildman–Crippen MR) is 214 cm³/mol.